The zero-order valence-corrected chi connectivity index (χ0v) is 14.3. The lowest BCUT2D eigenvalue weighted by Gasteiger charge is -2.32. The molecule has 1 heterocycles. The number of benzene rings is 1. The van der Waals surface area contributed by atoms with Gasteiger partial charge in [-0.3, -0.25) is 9.59 Å². The third-order valence-electron chi connectivity index (χ3n) is 4.15. The molecule has 0 radical (unpaired) electrons. The lowest BCUT2D eigenvalue weighted by molar-refractivity contribution is -0.136. The van der Waals surface area contributed by atoms with E-state index in [1.165, 1.54) is 0 Å². The number of rotatable bonds is 8. The molecule has 0 aliphatic carbocycles. The fraction of sp³-hybridized carbons (Fsp3) is 0.556. The Morgan fingerprint density at radius 3 is 2.79 bits per heavy atom. The van der Waals surface area contributed by atoms with Crippen LogP contribution in [0.1, 0.15) is 19.3 Å². The minimum Gasteiger partial charge on any atom is -0.493 e. The number of hydrogen-bond donors (Lipinski definition) is 2. The number of likely N-dealkylation sites (tertiary alicyclic amines) is 1. The lowest BCUT2D eigenvalue weighted by Crippen LogP contribution is -2.46. The molecule has 1 aromatic carbocycles. The summed E-state index contributed by atoms with van der Waals surface area (Å²) >= 11 is 0. The van der Waals surface area contributed by atoms with E-state index in [1.54, 1.807) is 4.90 Å². The van der Waals surface area contributed by atoms with Crippen molar-refractivity contribution in [3.8, 4) is 5.75 Å². The zero-order chi connectivity index (χ0) is 17.2. The molecule has 0 aromatic heterocycles. The van der Waals surface area contributed by atoms with E-state index in [1.807, 2.05) is 37.4 Å². The first-order valence-electron chi connectivity index (χ1n) is 8.58. The van der Waals surface area contributed by atoms with Gasteiger partial charge in [0.2, 0.25) is 11.8 Å². The quantitative estimate of drug-likeness (QED) is 0.697. The molecule has 0 spiro atoms. The number of nitrogens with one attached hydrogen (secondary N) is 2. The molecule has 1 unspecified atom stereocenters. The van der Waals surface area contributed by atoms with E-state index in [9.17, 15) is 9.59 Å². The van der Waals surface area contributed by atoms with Crippen molar-refractivity contribution in [2.75, 3.05) is 39.8 Å². The molecular formula is C18H27N3O3. The van der Waals surface area contributed by atoms with Gasteiger partial charge in [-0.1, -0.05) is 18.2 Å². The Labute approximate surface area is 143 Å². The number of likely N-dealkylation sites (N-methyl/N-ethyl adjacent to an activating group) is 1. The first-order valence-corrected chi connectivity index (χ1v) is 8.58. The van der Waals surface area contributed by atoms with Crippen molar-refractivity contribution in [2.45, 2.75) is 19.3 Å². The van der Waals surface area contributed by atoms with Gasteiger partial charge >= 0.3 is 0 Å². The summed E-state index contributed by atoms with van der Waals surface area (Å²) in [5.41, 5.74) is 0. The number of amides is 2. The van der Waals surface area contributed by atoms with E-state index in [4.69, 9.17) is 4.74 Å². The second-order valence-electron chi connectivity index (χ2n) is 5.99. The molecule has 132 valence electrons. The summed E-state index contributed by atoms with van der Waals surface area (Å²) in [6, 6.07) is 9.47. The molecule has 1 aliphatic rings. The highest BCUT2D eigenvalue weighted by atomic mass is 16.5. The van der Waals surface area contributed by atoms with Crippen LogP contribution in [0.4, 0.5) is 0 Å². The smallest absolute Gasteiger partial charge is 0.226 e. The minimum absolute atomic E-state index is 0.0447. The standard InChI is InChI=1S/C18H27N3O3/c1-19-10-11-20-18(23)15-6-5-12-21(14-15)17(22)9-13-24-16-7-3-2-4-8-16/h2-4,7-8,15,19H,5-6,9-14H2,1H3,(H,20,23). The molecule has 0 saturated carbocycles. The zero-order valence-electron chi connectivity index (χ0n) is 14.3. The van der Waals surface area contributed by atoms with Crippen molar-refractivity contribution >= 4 is 11.8 Å². The molecule has 1 aromatic rings. The largest absolute Gasteiger partial charge is 0.493 e. The average molecular weight is 333 g/mol. The molecule has 2 rings (SSSR count). The topological polar surface area (TPSA) is 70.7 Å². The summed E-state index contributed by atoms with van der Waals surface area (Å²) in [6.45, 7) is 2.96. The van der Waals surface area contributed by atoms with E-state index in [0.29, 0.717) is 26.1 Å². The van der Waals surface area contributed by atoms with E-state index < -0.39 is 0 Å². The maximum atomic E-state index is 12.3. The monoisotopic (exact) mass is 333 g/mol. The molecule has 1 atom stereocenters. The van der Waals surface area contributed by atoms with Crippen LogP contribution in [-0.2, 0) is 9.59 Å². The van der Waals surface area contributed by atoms with Gasteiger partial charge in [0.15, 0.2) is 0 Å². The molecule has 24 heavy (non-hydrogen) atoms. The van der Waals surface area contributed by atoms with Crippen molar-refractivity contribution in [2.24, 2.45) is 5.92 Å². The van der Waals surface area contributed by atoms with Gasteiger partial charge in [-0.25, -0.2) is 0 Å². The summed E-state index contributed by atoms with van der Waals surface area (Å²) in [6.07, 6.45) is 2.05. The van der Waals surface area contributed by atoms with Gasteiger partial charge in [-0.2, -0.15) is 0 Å². The summed E-state index contributed by atoms with van der Waals surface area (Å²) in [5, 5.41) is 5.91. The maximum absolute atomic E-state index is 12.3. The van der Waals surface area contributed by atoms with Crippen LogP contribution >= 0.6 is 0 Å². The van der Waals surface area contributed by atoms with Gasteiger partial charge in [0, 0.05) is 26.2 Å². The van der Waals surface area contributed by atoms with Crippen molar-refractivity contribution in [3.05, 3.63) is 30.3 Å². The van der Waals surface area contributed by atoms with Crippen LogP contribution < -0.4 is 15.4 Å². The van der Waals surface area contributed by atoms with Crippen LogP contribution in [0.2, 0.25) is 0 Å². The van der Waals surface area contributed by atoms with Crippen LogP contribution in [-0.4, -0.2) is 56.5 Å². The van der Waals surface area contributed by atoms with Gasteiger partial charge in [0.05, 0.1) is 18.9 Å². The van der Waals surface area contributed by atoms with Crippen molar-refractivity contribution in [3.63, 3.8) is 0 Å². The Hall–Kier alpha value is -2.08. The number of carbonyl (C=O) groups excluding carboxylic acids is 2. The Balaban J connectivity index is 1.72. The molecule has 6 heteroatoms. The summed E-state index contributed by atoms with van der Waals surface area (Å²) in [4.78, 5) is 26.3. The van der Waals surface area contributed by atoms with Crippen molar-refractivity contribution in [1.82, 2.24) is 15.5 Å². The molecule has 2 N–H and O–H groups in total. The average Bonchev–Trinajstić information content (AvgIpc) is 2.63. The van der Waals surface area contributed by atoms with Gasteiger partial charge < -0.3 is 20.3 Å². The molecule has 1 fully saturated rings. The van der Waals surface area contributed by atoms with E-state index in [0.717, 1.165) is 31.7 Å². The molecule has 6 nitrogen and oxygen atoms in total. The Morgan fingerprint density at radius 2 is 2.04 bits per heavy atom. The minimum atomic E-state index is -0.102. The van der Waals surface area contributed by atoms with Crippen LogP contribution in [0.25, 0.3) is 0 Å². The highest BCUT2D eigenvalue weighted by molar-refractivity contribution is 5.81. The molecule has 2 amide bonds. The Kier molecular flexibility index (Phi) is 7.55. The van der Waals surface area contributed by atoms with Crippen LogP contribution in [0, 0.1) is 5.92 Å². The predicted molar refractivity (Wildman–Crippen MR) is 92.8 cm³/mol. The number of hydrogen-bond acceptors (Lipinski definition) is 4. The van der Waals surface area contributed by atoms with Gasteiger partial charge in [-0.15, -0.1) is 0 Å². The SMILES string of the molecule is CNCCNC(=O)C1CCCN(C(=O)CCOc2ccccc2)C1. The Bertz CT molecular complexity index is 522. The van der Waals surface area contributed by atoms with Gasteiger partial charge in [-0.05, 0) is 32.0 Å². The third-order valence-corrected chi connectivity index (χ3v) is 4.15. The third kappa shape index (κ3) is 5.85. The lowest BCUT2D eigenvalue weighted by atomic mass is 9.97. The number of carbonyl (C=O) groups is 2. The van der Waals surface area contributed by atoms with Crippen LogP contribution in [0.15, 0.2) is 30.3 Å². The fourth-order valence-corrected chi connectivity index (χ4v) is 2.80. The molecular weight excluding hydrogens is 306 g/mol. The van der Waals surface area contributed by atoms with E-state index in [2.05, 4.69) is 10.6 Å². The first-order chi connectivity index (χ1) is 11.7. The normalized spacial score (nSPS) is 17.4. The first kappa shape index (κ1) is 18.3. The number of para-hydroxylation sites is 1. The predicted octanol–water partition coefficient (Wildman–Crippen LogP) is 1.03. The molecule has 1 aliphatic heterocycles. The van der Waals surface area contributed by atoms with Crippen LogP contribution in [0.5, 0.6) is 5.75 Å². The van der Waals surface area contributed by atoms with E-state index >= 15 is 0 Å². The highest BCUT2D eigenvalue weighted by Crippen LogP contribution is 2.17. The van der Waals surface area contributed by atoms with Gasteiger partial charge in [0.1, 0.15) is 5.75 Å². The maximum Gasteiger partial charge on any atom is 0.226 e. The van der Waals surface area contributed by atoms with E-state index in [-0.39, 0.29) is 17.7 Å². The summed E-state index contributed by atoms with van der Waals surface area (Å²) < 4.78 is 5.57. The summed E-state index contributed by atoms with van der Waals surface area (Å²) in [7, 11) is 1.85. The highest BCUT2D eigenvalue weighted by Gasteiger charge is 2.27. The Morgan fingerprint density at radius 1 is 1.25 bits per heavy atom. The van der Waals surface area contributed by atoms with Crippen molar-refractivity contribution < 1.29 is 14.3 Å². The number of ether oxygens (including phenoxy) is 1. The molecule has 0 bridgehead atoms. The second-order valence-corrected chi connectivity index (χ2v) is 5.99. The number of piperidine rings is 1. The summed E-state index contributed by atoms with van der Waals surface area (Å²) in [5.74, 6) is 0.766. The molecule has 1 saturated heterocycles. The van der Waals surface area contributed by atoms with Crippen molar-refractivity contribution in [1.29, 1.82) is 0 Å². The van der Waals surface area contributed by atoms with Gasteiger partial charge in [0.25, 0.3) is 0 Å². The number of nitrogens with zero attached hydrogens (tertiary/aromatic N) is 1. The second kappa shape index (κ2) is 9.93. The van der Waals surface area contributed by atoms with Crippen LogP contribution in [0.3, 0.4) is 0 Å². The fourth-order valence-electron chi connectivity index (χ4n) is 2.80.